The van der Waals surface area contributed by atoms with Gasteiger partial charge in [0.2, 0.25) is 0 Å². The molecule has 1 aliphatic heterocycles. The van der Waals surface area contributed by atoms with E-state index in [4.69, 9.17) is 10.5 Å². The molecule has 17 heavy (non-hydrogen) atoms. The summed E-state index contributed by atoms with van der Waals surface area (Å²) in [5, 5.41) is 3.64. The van der Waals surface area contributed by atoms with Crippen molar-refractivity contribution in [2.45, 2.75) is 44.6 Å². The van der Waals surface area contributed by atoms with E-state index >= 15 is 0 Å². The van der Waals surface area contributed by atoms with Gasteiger partial charge in [0, 0.05) is 25.8 Å². The van der Waals surface area contributed by atoms with Crippen molar-refractivity contribution < 1.29 is 4.74 Å². The van der Waals surface area contributed by atoms with E-state index in [9.17, 15) is 0 Å². The first-order valence-electron chi connectivity index (χ1n) is 7.09. The summed E-state index contributed by atoms with van der Waals surface area (Å²) in [6.07, 6.45) is 9.90. The maximum Gasteiger partial charge on any atom is 0.0469 e. The molecule has 3 N–H and O–H groups in total. The van der Waals surface area contributed by atoms with E-state index in [1.54, 1.807) is 5.57 Å². The van der Waals surface area contributed by atoms with Crippen LogP contribution in [0.4, 0.5) is 0 Å². The monoisotopic (exact) mass is 238 g/mol. The van der Waals surface area contributed by atoms with Crippen LogP contribution in [0.2, 0.25) is 0 Å². The van der Waals surface area contributed by atoms with Crippen molar-refractivity contribution in [3.63, 3.8) is 0 Å². The normalized spacial score (nSPS) is 23.7. The fraction of sp³-hybridized carbons (Fsp3) is 0.857. The number of ether oxygens (including phenoxy) is 1. The fourth-order valence-corrected chi connectivity index (χ4v) is 2.94. The molecule has 0 bridgehead atoms. The van der Waals surface area contributed by atoms with Crippen LogP contribution in [0, 0.1) is 5.92 Å². The Labute approximate surface area is 105 Å². The zero-order valence-corrected chi connectivity index (χ0v) is 10.8. The third kappa shape index (κ3) is 4.09. The molecule has 0 aromatic heterocycles. The molecule has 1 heterocycles. The molecule has 2 aliphatic rings. The van der Waals surface area contributed by atoms with E-state index in [1.807, 2.05) is 0 Å². The minimum atomic E-state index is 0.487. The van der Waals surface area contributed by atoms with Gasteiger partial charge in [0.05, 0.1) is 0 Å². The molecule has 0 aromatic rings. The summed E-state index contributed by atoms with van der Waals surface area (Å²) >= 11 is 0. The molecule has 0 spiro atoms. The van der Waals surface area contributed by atoms with Crippen molar-refractivity contribution in [2.75, 3.05) is 26.3 Å². The second-order valence-corrected chi connectivity index (χ2v) is 5.25. The molecular formula is C14H26N2O. The topological polar surface area (TPSA) is 47.3 Å². The molecule has 0 radical (unpaired) electrons. The highest BCUT2D eigenvalue weighted by molar-refractivity contribution is 5.07. The van der Waals surface area contributed by atoms with Gasteiger partial charge in [0.15, 0.2) is 0 Å². The lowest BCUT2D eigenvalue weighted by atomic mass is 9.91. The second-order valence-electron chi connectivity index (χ2n) is 5.25. The number of hydrogen-bond acceptors (Lipinski definition) is 3. The summed E-state index contributed by atoms with van der Waals surface area (Å²) in [6.45, 7) is 3.66. The highest BCUT2D eigenvalue weighted by Gasteiger charge is 2.22. The lowest BCUT2D eigenvalue weighted by molar-refractivity contribution is 0.0549. The van der Waals surface area contributed by atoms with Crippen LogP contribution >= 0.6 is 0 Å². The van der Waals surface area contributed by atoms with Crippen LogP contribution in [0.15, 0.2) is 11.6 Å². The van der Waals surface area contributed by atoms with Gasteiger partial charge in [-0.05, 0) is 51.0 Å². The maximum absolute atomic E-state index is 5.88. The number of rotatable bonds is 6. The third-order valence-electron chi connectivity index (χ3n) is 4.08. The van der Waals surface area contributed by atoms with Gasteiger partial charge >= 0.3 is 0 Å². The summed E-state index contributed by atoms with van der Waals surface area (Å²) in [4.78, 5) is 0. The number of hydrogen-bond donors (Lipinski definition) is 2. The van der Waals surface area contributed by atoms with E-state index in [0.29, 0.717) is 12.0 Å². The Kier molecular flexibility index (Phi) is 5.49. The molecule has 0 saturated carbocycles. The van der Waals surface area contributed by atoms with Gasteiger partial charge < -0.3 is 15.8 Å². The van der Waals surface area contributed by atoms with Crippen LogP contribution < -0.4 is 11.1 Å². The molecule has 0 aromatic carbocycles. The predicted molar refractivity (Wildman–Crippen MR) is 70.9 cm³/mol. The summed E-state index contributed by atoms with van der Waals surface area (Å²) in [7, 11) is 0. The summed E-state index contributed by atoms with van der Waals surface area (Å²) < 4.78 is 5.40. The molecule has 2 rings (SSSR count). The van der Waals surface area contributed by atoms with E-state index < -0.39 is 0 Å². The molecule has 1 saturated heterocycles. The van der Waals surface area contributed by atoms with Gasteiger partial charge in [-0.15, -0.1) is 0 Å². The van der Waals surface area contributed by atoms with Crippen molar-refractivity contribution in [1.82, 2.24) is 5.32 Å². The first-order chi connectivity index (χ1) is 8.40. The SMILES string of the molecule is NCC(NCCC1=CCCC1)C1CCOCC1. The molecule has 3 heteroatoms. The molecular weight excluding hydrogens is 212 g/mol. The Morgan fingerprint density at radius 2 is 2.24 bits per heavy atom. The van der Waals surface area contributed by atoms with E-state index in [1.165, 1.54) is 25.7 Å². The predicted octanol–water partition coefficient (Wildman–Crippen LogP) is 1.83. The van der Waals surface area contributed by atoms with Gasteiger partial charge in [-0.25, -0.2) is 0 Å². The Morgan fingerprint density at radius 1 is 1.41 bits per heavy atom. The van der Waals surface area contributed by atoms with Gasteiger partial charge in [0.1, 0.15) is 0 Å². The quantitative estimate of drug-likeness (QED) is 0.694. The van der Waals surface area contributed by atoms with Crippen molar-refractivity contribution in [2.24, 2.45) is 11.7 Å². The van der Waals surface area contributed by atoms with Crippen molar-refractivity contribution in [3.05, 3.63) is 11.6 Å². The average molecular weight is 238 g/mol. The van der Waals surface area contributed by atoms with Crippen LogP contribution in [0.5, 0.6) is 0 Å². The molecule has 1 fully saturated rings. The van der Waals surface area contributed by atoms with Crippen LogP contribution in [-0.4, -0.2) is 32.3 Å². The molecule has 3 nitrogen and oxygen atoms in total. The summed E-state index contributed by atoms with van der Waals surface area (Å²) in [5.41, 5.74) is 7.52. The van der Waals surface area contributed by atoms with Gasteiger partial charge in [-0.3, -0.25) is 0 Å². The first-order valence-corrected chi connectivity index (χ1v) is 7.09. The van der Waals surface area contributed by atoms with Gasteiger partial charge in [-0.1, -0.05) is 11.6 Å². The van der Waals surface area contributed by atoms with Crippen LogP contribution in [0.25, 0.3) is 0 Å². The van der Waals surface area contributed by atoms with Gasteiger partial charge in [-0.2, -0.15) is 0 Å². The Morgan fingerprint density at radius 3 is 2.88 bits per heavy atom. The van der Waals surface area contributed by atoms with E-state index in [-0.39, 0.29) is 0 Å². The third-order valence-corrected chi connectivity index (χ3v) is 4.08. The Balaban J connectivity index is 1.67. The smallest absolute Gasteiger partial charge is 0.0469 e. The Bertz CT molecular complexity index is 247. The molecule has 98 valence electrons. The Hall–Kier alpha value is -0.380. The van der Waals surface area contributed by atoms with Gasteiger partial charge in [0.25, 0.3) is 0 Å². The molecule has 0 amide bonds. The number of allylic oxidation sites excluding steroid dienone is 1. The minimum Gasteiger partial charge on any atom is -0.381 e. The highest BCUT2D eigenvalue weighted by atomic mass is 16.5. The minimum absolute atomic E-state index is 0.487. The van der Waals surface area contributed by atoms with Crippen LogP contribution in [0.1, 0.15) is 38.5 Å². The lowest BCUT2D eigenvalue weighted by Crippen LogP contribution is -2.44. The summed E-state index contributed by atoms with van der Waals surface area (Å²) in [5.74, 6) is 0.714. The molecule has 1 atom stereocenters. The average Bonchev–Trinajstić information content (AvgIpc) is 2.89. The first kappa shape index (κ1) is 13.1. The standard InChI is InChI=1S/C14H26N2O/c15-11-14(13-6-9-17-10-7-13)16-8-5-12-3-1-2-4-12/h3,13-14,16H,1-2,4-11,15H2. The zero-order valence-electron chi connectivity index (χ0n) is 10.8. The second kappa shape index (κ2) is 7.14. The van der Waals surface area contributed by atoms with Crippen molar-refractivity contribution >= 4 is 0 Å². The molecule has 1 aliphatic carbocycles. The fourth-order valence-electron chi connectivity index (χ4n) is 2.94. The lowest BCUT2D eigenvalue weighted by Gasteiger charge is -2.30. The summed E-state index contributed by atoms with van der Waals surface area (Å²) in [6, 6.07) is 0.487. The van der Waals surface area contributed by atoms with Crippen molar-refractivity contribution in [1.29, 1.82) is 0 Å². The largest absolute Gasteiger partial charge is 0.381 e. The van der Waals surface area contributed by atoms with E-state index in [2.05, 4.69) is 11.4 Å². The number of nitrogens with one attached hydrogen (secondary N) is 1. The van der Waals surface area contributed by atoms with Crippen LogP contribution in [0.3, 0.4) is 0 Å². The number of nitrogens with two attached hydrogens (primary N) is 1. The highest BCUT2D eigenvalue weighted by Crippen LogP contribution is 2.21. The van der Waals surface area contributed by atoms with Crippen LogP contribution in [-0.2, 0) is 4.74 Å². The zero-order chi connectivity index (χ0) is 11.9. The van der Waals surface area contributed by atoms with Crippen molar-refractivity contribution in [3.8, 4) is 0 Å². The van der Waals surface area contributed by atoms with E-state index in [0.717, 1.165) is 39.1 Å². The maximum atomic E-state index is 5.88. The molecule has 1 unspecified atom stereocenters.